The standard InChI is InChI=1S/C25H29N3O3S/c1-17-10-13-22(14-11-17)28-18(2)16-21(20(28)4)12-15-25(29)26-19(3)23-8-6-7-9-24(23)27-32(5,30)31/h6-16,19,27H,1-5H3,(H,26,29). The highest BCUT2D eigenvalue weighted by Crippen LogP contribution is 2.24. The third-order valence-corrected chi connectivity index (χ3v) is 5.85. The molecule has 7 heteroatoms. The second kappa shape index (κ2) is 9.44. The molecule has 6 nitrogen and oxygen atoms in total. The highest BCUT2D eigenvalue weighted by atomic mass is 32.2. The number of aryl methyl sites for hydroxylation is 2. The van der Waals surface area contributed by atoms with Gasteiger partial charge in [0.15, 0.2) is 0 Å². The number of amides is 1. The van der Waals surface area contributed by atoms with Crippen molar-refractivity contribution in [2.45, 2.75) is 33.7 Å². The summed E-state index contributed by atoms with van der Waals surface area (Å²) in [7, 11) is -3.42. The minimum atomic E-state index is -3.42. The van der Waals surface area contributed by atoms with Crippen LogP contribution in [0.4, 0.5) is 5.69 Å². The zero-order valence-corrected chi connectivity index (χ0v) is 19.8. The molecule has 3 rings (SSSR count). The van der Waals surface area contributed by atoms with Gasteiger partial charge in [-0.25, -0.2) is 8.42 Å². The lowest BCUT2D eigenvalue weighted by Gasteiger charge is -2.17. The van der Waals surface area contributed by atoms with Gasteiger partial charge >= 0.3 is 0 Å². The summed E-state index contributed by atoms with van der Waals surface area (Å²) in [4.78, 5) is 12.6. The summed E-state index contributed by atoms with van der Waals surface area (Å²) in [5.74, 6) is -0.258. The van der Waals surface area contributed by atoms with E-state index in [0.29, 0.717) is 11.3 Å². The maximum Gasteiger partial charge on any atom is 0.244 e. The van der Waals surface area contributed by atoms with E-state index in [-0.39, 0.29) is 11.9 Å². The number of nitrogens with zero attached hydrogens (tertiary/aromatic N) is 1. The van der Waals surface area contributed by atoms with Crippen molar-refractivity contribution in [2.24, 2.45) is 0 Å². The highest BCUT2D eigenvalue weighted by Gasteiger charge is 2.14. The Kier molecular flexibility index (Phi) is 6.89. The summed E-state index contributed by atoms with van der Waals surface area (Å²) in [5.41, 5.74) is 6.52. The Balaban J connectivity index is 1.76. The molecule has 0 saturated carbocycles. The lowest BCUT2D eigenvalue weighted by Crippen LogP contribution is -2.25. The summed E-state index contributed by atoms with van der Waals surface area (Å²) in [5, 5.41) is 2.90. The highest BCUT2D eigenvalue weighted by molar-refractivity contribution is 7.92. The van der Waals surface area contributed by atoms with Crippen LogP contribution < -0.4 is 10.0 Å². The number of sulfonamides is 1. The van der Waals surface area contributed by atoms with Crippen LogP contribution in [0, 0.1) is 20.8 Å². The predicted octanol–water partition coefficient (Wildman–Crippen LogP) is 4.66. The van der Waals surface area contributed by atoms with Crippen LogP contribution in [-0.4, -0.2) is 25.1 Å². The number of rotatable bonds is 7. The first kappa shape index (κ1) is 23.3. The van der Waals surface area contributed by atoms with Crippen LogP contribution in [0.5, 0.6) is 0 Å². The van der Waals surface area contributed by atoms with Gasteiger partial charge < -0.3 is 9.88 Å². The van der Waals surface area contributed by atoms with Gasteiger partial charge in [0, 0.05) is 23.2 Å². The van der Waals surface area contributed by atoms with Crippen molar-refractivity contribution < 1.29 is 13.2 Å². The van der Waals surface area contributed by atoms with Crippen LogP contribution in [0.25, 0.3) is 11.8 Å². The molecular weight excluding hydrogens is 422 g/mol. The third kappa shape index (κ3) is 5.68. The maximum absolute atomic E-state index is 12.6. The molecule has 1 atom stereocenters. The van der Waals surface area contributed by atoms with Gasteiger partial charge in [-0.1, -0.05) is 35.9 Å². The van der Waals surface area contributed by atoms with Crippen molar-refractivity contribution in [2.75, 3.05) is 11.0 Å². The quantitative estimate of drug-likeness (QED) is 0.513. The number of hydrogen-bond acceptors (Lipinski definition) is 3. The molecule has 2 aromatic carbocycles. The Hall–Kier alpha value is -3.32. The fraction of sp³-hybridized carbons (Fsp3) is 0.240. The fourth-order valence-corrected chi connectivity index (χ4v) is 4.30. The average molecular weight is 452 g/mol. The normalized spacial score (nSPS) is 12.7. The molecule has 0 aliphatic carbocycles. The molecule has 32 heavy (non-hydrogen) atoms. The van der Waals surface area contributed by atoms with E-state index in [1.807, 2.05) is 26.8 Å². The minimum absolute atomic E-state index is 0.258. The molecule has 0 fully saturated rings. The first-order chi connectivity index (χ1) is 15.0. The van der Waals surface area contributed by atoms with Gasteiger partial charge in [-0.05, 0) is 69.2 Å². The molecule has 1 amide bonds. The molecule has 168 valence electrons. The van der Waals surface area contributed by atoms with Crippen molar-refractivity contribution in [3.05, 3.63) is 88.8 Å². The topological polar surface area (TPSA) is 80.2 Å². The molecule has 1 unspecified atom stereocenters. The van der Waals surface area contributed by atoms with Crippen LogP contribution in [0.2, 0.25) is 0 Å². The van der Waals surface area contributed by atoms with Gasteiger partial charge in [-0.15, -0.1) is 0 Å². The summed E-state index contributed by atoms with van der Waals surface area (Å²) in [6.45, 7) is 7.94. The Bertz CT molecular complexity index is 1260. The Morgan fingerprint density at radius 1 is 1.03 bits per heavy atom. The van der Waals surface area contributed by atoms with Gasteiger partial charge in [-0.2, -0.15) is 0 Å². The van der Waals surface area contributed by atoms with Gasteiger partial charge in [0.25, 0.3) is 0 Å². The van der Waals surface area contributed by atoms with E-state index >= 15 is 0 Å². The molecule has 3 aromatic rings. The summed E-state index contributed by atoms with van der Waals surface area (Å²) in [6.07, 6.45) is 4.41. The van der Waals surface area contributed by atoms with Crippen LogP contribution in [0.15, 0.2) is 60.7 Å². The molecule has 1 aromatic heterocycles. The molecule has 1 heterocycles. The second-order valence-corrected chi connectivity index (χ2v) is 9.77. The number of para-hydroxylation sites is 1. The Morgan fingerprint density at radius 2 is 1.69 bits per heavy atom. The van der Waals surface area contributed by atoms with Crippen molar-refractivity contribution in [1.29, 1.82) is 0 Å². The second-order valence-electron chi connectivity index (χ2n) is 8.02. The van der Waals surface area contributed by atoms with Gasteiger partial charge in [0.1, 0.15) is 0 Å². The zero-order valence-electron chi connectivity index (χ0n) is 19.0. The van der Waals surface area contributed by atoms with Crippen LogP contribution in [0.1, 0.15) is 41.0 Å². The number of hydrogen-bond donors (Lipinski definition) is 2. The van der Waals surface area contributed by atoms with Gasteiger partial charge in [-0.3, -0.25) is 9.52 Å². The van der Waals surface area contributed by atoms with E-state index < -0.39 is 10.0 Å². The lowest BCUT2D eigenvalue weighted by atomic mass is 10.1. The molecule has 0 bridgehead atoms. The monoisotopic (exact) mass is 451 g/mol. The molecule has 2 N–H and O–H groups in total. The van der Waals surface area contributed by atoms with E-state index in [9.17, 15) is 13.2 Å². The number of benzene rings is 2. The number of aromatic nitrogens is 1. The van der Waals surface area contributed by atoms with Gasteiger partial charge in [0.2, 0.25) is 15.9 Å². The molecule has 0 aliphatic rings. The van der Waals surface area contributed by atoms with E-state index in [2.05, 4.69) is 45.8 Å². The average Bonchev–Trinajstić information content (AvgIpc) is 2.99. The van der Waals surface area contributed by atoms with Crippen molar-refractivity contribution in [3.63, 3.8) is 0 Å². The van der Waals surface area contributed by atoms with E-state index in [1.165, 1.54) is 11.6 Å². The van der Waals surface area contributed by atoms with Gasteiger partial charge in [0.05, 0.1) is 18.0 Å². The molecule has 0 radical (unpaired) electrons. The Labute approximate surface area is 190 Å². The summed E-state index contributed by atoms with van der Waals surface area (Å²) >= 11 is 0. The molecule has 0 aliphatic heterocycles. The molecular formula is C25H29N3O3S. The van der Waals surface area contributed by atoms with Crippen molar-refractivity contribution in [1.82, 2.24) is 9.88 Å². The van der Waals surface area contributed by atoms with E-state index in [4.69, 9.17) is 0 Å². The molecule has 0 saturated heterocycles. The summed E-state index contributed by atoms with van der Waals surface area (Å²) in [6, 6.07) is 17.0. The lowest BCUT2D eigenvalue weighted by molar-refractivity contribution is -0.117. The number of carbonyl (C=O) groups is 1. The number of anilines is 1. The predicted molar refractivity (Wildman–Crippen MR) is 130 cm³/mol. The first-order valence-electron chi connectivity index (χ1n) is 10.4. The van der Waals surface area contributed by atoms with Crippen LogP contribution in [-0.2, 0) is 14.8 Å². The van der Waals surface area contributed by atoms with E-state index in [0.717, 1.165) is 28.9 Å². The minimum Gasteiger partial charge on any atom is -0.346 e. The zero-order chi connectivity index (χ0) is 23.5. The SMILES string of the molecule is Cc1ccc(-n2c(C)cc(C=CC(=O)NC(C)c3ccccc3NS(C)(=O)=O)c2C)cc1. The Morgan fingerprint density at radius 3 is 2.34 bits per heavy atom. The number of carbonyl (C=O) groups excluding carboxylic acids is 1. The maximum atomic E-state index is 12.6. The first-order valence-corrected chi connectivity index (χ1v) is 12.3. The smallest absolute Gasteiger partial charge is 0.244 e. The largest absolute Gasteiger partial charge is 0.346 e. The van der Waals surface area contributed by atoms with Crippen LogP contribution in [0.3, 0.4) is 0 Å². The summed E-state index contributed by atoms with van der Waals surface area (Å²) < 4.78 is 27.9. The van der Waals surface area contributed by atoms with Crippen molar-refractivity contribution in [3.8, 4) is 5.69 Å². The van der Waals surface area contributed by atoms with Crippen LogP contribution >= 0.6 is 0 Å². The third-order valence-electron chi connectivity index (χ3n) is 5.26. The fourth-order valence-electron chi connectivity index (χ4n) is 3.72. The molecule has 0 spiro atoms. The number of nitrogens with one attached hydrogen (secondary N) is 2. The van der Waals surface area contributed by atoms with E-state index in [1.54, 1.807) is 30.3 Å². The van der Waals surface area contributed by atoms with Crippen molar-refractivity contribution >= 4 is 27.7 Å².